The van der Waals surface area contributed by atoms with E-state index in [2.05, 4.69) is 17.5 Å². The molecule has 3 aliphatic carbocycles. The van der Waals surface area contributed by atoms with E-state index in [9.17, 15) is 9.90 Å². The van der Waals surface area contributed by atoms with Crippen molar-refractivity contribution in [3.63, 3.8) is 0 Å². The van der Waals surface area contributed by atoms with Gasteiger partial charge in [-0.3, -0.25) is 4.79 Å². The maximum absolute atomic E-state index is 12.1. The Bertz CT molecular complexity index is 327. The molecule has 16 heavy (non-hydrogen) atoms. The number of rotatable bonds is 3. The van der Waals surface area contributed by atoms with Crippen LogP contribution in [0.3, 0.4) is 0 Å². The third-order valence-electron chi connectivity index (χ3n) is 4.62. The van der Waals surface area contributed by atoms with Gasteiger partial charge < -0.3 is 10.4 Å². The van der Waals surface area contributed by atoms with Crippen molar-refractivity contribution in [2.24, 2.45) is 17.8 Å². The second kappa shape index (κ2) is 3.59. The first kappa shape index (κ1) is 10.3. The van der Waals surface area contributed by atoms with Crippen LogP contribution in [0, 0.1) is 17.8 Å². The largest absolute Gasteiger partial charge is 0.394 e. The minimum Gasteiger partial charge on any atom is -0.394 e. The summed E-state index contributed by atoms with van der Waals surface area (Å²) in [7, 11) is 0. The van der Waals surface area contributed by atoms with E-state index in [1.165, 1.54) is 0 Å². The number of hydrogen-bond donors (Lipinski definition) is 2. The molecule has 1 amide bonds. The minimum atomic E-state index is -0.275. The summed E-state index contributed by atoms with van der Waals surface area (Å²) < 4.78 is 0. The lowest BCUT2D eigenvalue weighted by atomic mass is 9.76. The zero-order chi connectivity index (χ0) is 11.2. The van der Waals surface area contributed by atoms with Gasteiger partial charge in [0, 0.05) is 5.92 Å². The Morgan fingerprint density at radius 1 is 1.38 bits per heavy atom. The quantitative estimate of drug-likeness (QED) is 0.704. The van der Waals surface area contributed by atoms with E-state index >= 15 is 0 Å². The van der Waals surface area contributed by atoms with Crippen molar-refractivity contribution in [2.45, 2.75) is 37.6 Å². The molecule has 0 aromatic carbocycles. The van der Waals surface area contributed by atoms with Crippen molar-refractivity contribution in [1.82, 2.24) is 5.32 Å². The molecule has 88 valence electrons. The minimum absolute atomic E-state index is 0.0927. The van der Waals surface area contributed by atoms with Crippen molar-refractivity contribution in [1.29, 1.82) is 0 Å². The maximum Gasteiger partial charge on any atom is 0.224 e. The molecule has 3 aliphatic rings. The van der Waals surface area contributed by atoms with Gasteiger partial charge in [-0.05, 0) is 43.9 Å². The van der Waals surface area contributed by atoms with Crippen LogP contribution in [0.25, 0.3) is 0 Å². The van der Waals surface area contributed by atoms with Crippen molar-refractivity contribution in [2.75, 3.05) is 6.61 Å². The lowest BCUT2D eigenvalue weighted by molar-refractivity contribution is -0.129. The van der Waals surface area contributed by atoms with Crippen LogP contribution < -0.4 is 5.32 Å². The molecule has 0 radical (unpaired) electrons. The van der Waals surface area contributed by atoms with E-state index in [4.69, 9.17) is 0 Å². The van der Waals surface area contributed by atoms with E-state index < -0.39 is 0 Å². The first-order chi connectivity index (χ1) is 7.72. The summed E-state index contributed by atoms with van der Waals surface area (Å²) in [6, 6.07) is 0. The van der Waals surface area contributed by atoms with Crippen LogP contribution in [0.15, 0.2) is 12.2 Å². The van der Waals surface area contributed by atoms with Gasteiger partial charge in [-0.25, -0.2) is 0 Å². The summed E-state index contributed by atoms with van der Waals surface area (Å²) in [5, 5.41) is 12.4. The molecule has 3 atom stereocenters. The highest BCUT2D eigenvalue weighted by atomic mass is 16.3. The van der Waals surface area contributed by atoms with E-state index in [-0.39, 0.29) is 24.0 Å². The molecular weight excluding hydrogens is 202 g/mol. The van der Waals surface area contributed by atoms with Crippen molar-refractivity contribution >= 4 is 5.91 Å². The molecule has 2 fully saturated rings. The SMILES string of the molecule is O=C(NC1(CO)CCC1)C1CC2C=CC1C2. The lowest BCUT2D eigenvalue weighted by Gasteiger charge is -2.42. The van der Waals surface area contributed by atoms with E-state index in [0.717, 1.165) is 32.1 Å². The number of aliphatic hydroxyl groups is 1. The van der Waals surface area contributed by atoms with E-state index in [1.807, 2.05) is 0 Å². The predicted octanol–water partition coefficient (Wildman–Crippen LogP) is 1.23. The number of allylic oxidation sites excluding steroid dienone is 2. The molecule has 2 saturated carbocycles. The number of carbonyl (C=O) groups is 1. The van der Waals surface area contributed by atoms with E-state index in [1.54, 1.807) is 0 Å². The monoisotopic (exact) mass is 221 g/mol. The van der Waals surface area contributed by atoms with Crippen LogP contribution in [-0.2, 0) is 4.79 Å². The van der Waals surface area contributed by atoms with Gasteiger partial charge in [0.05, 0.1) is 12.1 Å². The van der Waals surface area contributed by atoms with Gasteiger partial charge in [0.25, 0.3) is 0 Å². The van der Waals surface area contributed by atoms with Gasteiger partial charge in [-0.15, -0.1) is 0 Å². The number of fused-ring (bicyclic) bond motifs is 2. The molecule has 2 bridgehead atoms. The molecule has 0 spiro atoms. The Kier molecular flexibility index (Phi) is 2.32. The third-order valence-corrected chi connectivity index (χ3v) is 4.62. The topological polar surface area (TPSA) is 49.3 Å². The third kappa shape index (κ3) is 1.49. The summed E-state index contributed by atoms with van der Waals surface area (Å²) in [5.41, 5.74) is -0.275. The highest BCUT2D eigenvalue weighted by Gasteiger charge is 2.44. The summed E-state index contributed by atoms with van der Waals surface area (Å²) in [6.07, 6.45) is 9.61. The smallest absolute Gasteiger partial charge is 0.224 e. The molecule has 3 nitrogen and oxygen atoms in total. The summed E-state index contributed by atoms with van der Waals surface area (Å²) in [5.74, 6) is 1.43. The molecule has 3 heteroatoms. The molecule has 3 rings (SSSR count). The Morgan fingerprint density at radius 3 is 2.62 bits per heavy atom. The number of aliphatic hydroxyl groups excluding tert-OH is 1. The average Bonchev–Trinajstić information content (AvgIpc) is 2.84. The van der Waals surface area contributed by atoms with Crippen LogP contribution in [0.4, 0.5) is 0 Å². The molecule has 2 N–H and O–H groups in total. The molecule has 0 aromatic rings. The van der Waals surface area contributed by atoms with Crippen LogP contribution in [0.1, 0.15) is 32.1 Å². The van der Waals surface area contributed by atoms with Crippen LogP contribution >= 0.6 is 0 Å². The second-order valence-corrected chi connectivity index (χ2v) is 5.67. The predicted molar refractivity (Wildman–Crippen MR) is 60.7 cm³/mol. The van der Waals surface area contributed by atoms with Crippen LogP contribution in [-0.4, -0.2) is 23.2 Å². The normalized spacial score (nSPS) is 38.4. The number of hydrogen-bond acceptors (Lipinski definition) is 2. The standard InChI is InChI=1S/C13H19NO2/c15-8-13(4-1-5-13)14-12(16)11-7-9-2-3-10(11)6-9/h2-3,9-11,15H,1,4-8H2,(H,14,16). The fourth-order valence-electron chi connectivity index (χ4n) is 3.36. The molecule has 3 unspecified atom stereocenters. The Morgan fingerprint density at radius 2 is 2.19 bits per heavy atom. The first-order valence-corrected chi connectivity index (χ1v) is 6.34. The number of amides is 1. The average molecular weight is 221 g/mol. The van der Waals surface area contributed by atoms with Gasteiger partial charge in [0.1, 0.15) is 0 Å². The molecular formula is C13H19NO2. The van der Waals surface area contributed by atoms with Gasteiger partial charge in [0.15, 0.2) is 0 Å². The number of carbonyl (C=O) groups excluding carboxylic acids is 1. The zero-order valence-corrected chi connectivity index (χ0v) is 9.48. The van der Waals surface area contributed by atoms with Gasteiger partial charge in [-0.2, -0.15) is 0 Å². The zero-order valence-electron chi connectivity index (χ0n) is 9.48. The van der Waals surface area contributed by atoms with Gasteiger partial charge in [0.2, 0.25) is 5.91 Å². The number of nitrogens with one attached hydrogen (secondary N) is 1. The highest BCUT2D eigenvalue weighted by molar-refractivity contribution is 5.81. The Hall–Kier alpha value is -0.830. The summed E-state index contributed by atoms with van der Waals surface area (Å²) >= 11 is 0. The molecule has 0 aliphatic heterocycles. The maximum atomic E-state index is 12.1. The lowest BCUT2D eigenvalue weighted by Crippen LogP contribution is -2.57. The van der Waals surface area contributed by atoms with Gasteiger partial charge in [-0.1, -0.05) is 12.2 Å². The van der Waals surface area contributed by atoms with Crippen molar-refractivity contribution < 1.29 is 9.90 Å². The molecule has 0 saturated heterocycles. The molecule has 0 heterocycles. The first-order valence-electron chi connectivity index (χ1n) is 6.34. The Balaban J connectivity index is 1.63. The fraction of sp³-hybridized carbons (Fsp3) is 0.769. The second-order valence-electron chi connectivity index (χ2n) is 5.67. The summed E-state index contributed by atoms with van der Waals surface area (Å²) in [4.78, 5) is 12.1. The van der Waals surface area contributed by atoms with Crippen LogP contribution in [0.5, 0.6) is 0 Å². The highest BCUT2D eigenvalue weighted by Crippen LogP contribution is 2.44. The van der Waals surface area contributed by atoms with E-state index in [0.29, 0.717) is 11.8 Å². The Labute approximate surface area is 95.9 Å². The van der Waals surface area contributed by atoms with Gasteiger partial charge >= 0.3 is 0 Å². The van der Waals surface area contributed by atoms with Crippen molar-refractivity contribution in [3.05, 3.63) is 12.2 Å². The summed E-state index contributed by atoms with van der Waals surface area (Å²) in [6.45, 7) is 0.0927. The van der Waals surface area contributed by atoms with Crippen LogP contribution in [0.2, 0.25) is 0 Å². The van der Waals surface area contributed by atoms with Crippen molar-refractivity contribution in [3.8, 4) is 0 Å². The molecule has 0 aromatic heterocycles. The fourth-order valence-corrected chi connectivity index (χ4v) is 3.36.